The standard InChI is InChI=1S/C23H28ClN3O2S/c1-2-3-4-5-6-8-11-20-18-27(21-16-14-19(24)15-17-21)23(25-20)26-30(28,29)22-12-9-7-10-13-22/h7,9-10,12-18H,2-6,8,11H2,1H3,(H,25,26). The van der Waals surface area contributed by atoms with Gasteiger partial charge in [0.05, 0.1) is 10.6 Å². The van der Waals surface area contributed by atoms with E-state index in [9.17, 15) is 8.42 Å². The molecule has 0 aliphatic heterocycles. The smallest absolute Gasteiger partial charge is 0.264 e. The largest absolute Gasteiger partial charge is 0.285 e. The van der Waals surface area contributed by atoms with Crippen LogP contribution >= 0.6 is 11.6 Å². The number of hydrogen-bond acceptors (Lipinski definition) is 3. The van der Waals surface area contributed by atoms with Gasteiger partial charge in [-0.05, 0) is 49.2 Å². The van der Waals surface area contributed by atoms with Crippen LogP contribution in [0.3, 0.4) is 0 Å². The molecule has 2 aromatic carbocycles. The number of aryl methyl sites for hydroxylation is 1. The zero-order chi connectivity index (χ0) is 21.4. The molecule has 0 bridgehead atoms. The Morgan fingerprint density at radius 3 is 2.30 bits per heavy atom. The number of anilines is 1. The number of benzene rings is 2. The molecule has 0 aliphatic rings. The van der Waals surface area contributed by atoms with Crippen LogP contribution in [0.15, 0.2) is 65.7 Å². The fourth-order valence-corrected chi connectivity index (χ4v) is 4.43. The van der Waals surface area contributed by atoms with Gasteiger partial charge in [-0.2, -0.15) is 0 Å². The van der Waals surface area contributed by atoms with Gasteiger partial charge < -0.3 is 0 Å². The Hall–Kier alpha value is -2.31. The van der Waals surface area contributed by atoms with Gasteiger partial charge in [-0.3, -0.25) is 4.57 Å². The van der Waals surface area contributed by atoms with E-state index >= 15 is 0 Å². The Labute approximate surface area is 184 Å². The summed E-state index contributed by atoms with van der Waals surface area (Å²) in [5, 5.41) is 0.623. The van der Waals surface area contributed by atoms with E-state index < -0.39 is 10.0 Å². The highest BCUT2D eigenvalue weighted by atomic mass is 35.5. The zero-order valence-electron chi connectivity index (χ0n) is 17.2. The Morgan fingerprint density at radius 1 is 0.933 bits per heavy atom. The van der Waals surface area contributed by atoms with Gasteiger partial charge in [0.1, 0.15) is 0 Å². The molecule has 0 unspecified atom stereocenters. The summed E-state index contributed by atoms with van der Waals surface area (Å²) in [4.78, 5) is 4.80. The topological polar surface area (TPSA) is 64.0 Å². The van der Waals surface area contributed by atoms with Gasteiger partial charge in [-0.15, -0.1) is 0 Å². The lowest BCUT2D eigenvalue weighted by atomic mass is 10.1. The van der Waals surface area contributed by atoms with Crippen LogP contribution in [0.2, 0.25) is 5.02 Å². The Balaban J connectivity index is 1.81. The van der Waals surface area contributed by atoms with Crippen LogP contribution < -0.4 is 4.72 Å². The number of imidazole rings is 1. The Morgan fingerprint density at radius 2 is 1.60 bits per heavy atom. The molecule has 0 saturated carbocycles. The van der Waals surface area contributed by atoms with E-state index in [1.165, 1.54) is 25.7 Å². The van der Waals surface area contributed by atoms with E-state index in [1.807, 2.05) is 18.3 Å². The first kappa shape index (κ1) is 22.4. The van der Waals surface area contributed by atoms with Gasteiger partial charge >= 0.3 is 0 Å². The Kier molecular flexibility index (Phi) is 7.94. The molecule has 0 atom stereocenters. The summed E-state index contributed by atoms with van der Waals surface area (Å²) in [6, 6.07) is 15.6. The molecule has 0 fully saturated rings. The average Bonchev–Trinajstić information content (AvgIpc) is 3.13. The van der Waals surface area contributed by atoms with E-state index in [0.717, 1.165) is 30.6 Å². The predicted molar refractivity (Wildman–Crippen MR) is 123 cm³/mol. The third kappa shape index (κ3) is 6.09. The van der Waals surface area contributed by atoms with Crippen LogP contribution in [-0.2, 0) is 16.4 Å². The maximum Gasteiger partial charge on any atom is 0.264 e. The normalized spacial score (nSPS) is 11.5. The minimum atomic E-state index is -3.73. The quantitative estimate of drug-likeness (QED) is 0.356. The summed E-state index contributed by atoms with van der Waals surface area (Å²) in [7, 11) is -3.73. The summed E-state index contributed by atoms with van der Waals surface area (Å²) >= 11 is 6.01. The van der Waals surface area contributed by atoms with E-state index in [1.54, 1.807) is 47.0 Å². The third-order valence-electron chi connectivity index (χ3n) is 4.93. The van der Waals surface area contributed by atoms with Crippen molar-refractivity contribution >= 4 is 27.6 Å². The van der Waals surface area contributed by atoms with Crippen molar-refractivity contribution in [2.24, 2.45) is 0 Å². The first-order valence-electron chi connectivity index (χ1n) is 10.4. The van der Waals surface area contributed by atoms with Crippen LogP contribution in [0.5, 0.6) is 0 Å². The van der Waals surface area contributed by atoms with E-state index in [-0.39, 0.29) is 10.8 Å². The third-order valence-corrected chi connectivity index (χ3v) is 6.52. The van der Waals surface area contributed by atoms with Crippen molar-refractivity contribution in [1.29, 1.82) is 0 Å². The lowest BCUT2D eigenvalue weighted by Gasteiger charge is -2.10. The molecule has 3 rings (SSSR count). The number of aromatic nitrogens is 2. The van der Waals surface area contributed by atoms with Crippen LogP contribution in [0.4, 0.5) is 5.95 Å². The molecule has 0 radical (unpaired) electrons. The van der Waals surface area contributed by atoms with Gasteiger partial charge in [-0.1, -0.05) is 68.8 Å². The highest BCUT2D eigenvalue weighted by molar-refractivity contribution is 7.92. The van der Waals surface area contributed by atoms with Gasteiger partial charge in [0.2, 0.25) is 5.95 Å². The second-order valence-corrected chi connectivity index (χ2v) is 9.46. The molecule has 5 nitrogen and oxygen atoms in total. The molecule has 1 N–H and O–H groups in total. The lowest BCUT2D eigenvalue weighted by molar-refractivity contribution is 0.600. The van der Waals surface area contributed by atoms with Gasteiger partial charge in [0.15, 0.2) is 0 Å². The molecule has 30 heavy (non-hydrogen) atoms. The maximum absolute atomic E-state index is 12.8. The molecule has 160 valence electrons. The molecule has 3 aromatic rings. The minimum Gasteiger partial charge on any atom is -0.285 e. The first-order valence-corrected chi connectivity index (χ1v) is 12.3. The van der Waals surface area contributed by atoms with Gasteiger partial charge in [0, 0.05) is 16.9 Å². The van der Waals surface area contributed by atoms with Crippen molar-refractivity contribution in [1.82, 2.24) is 9.55 Å². The van der Waals surface area contributed by atoms with E-state index in [0.29, 0.717) is 5.02 Å². The van der Waals surface area contributed by atoms with Crippen molar-refractivity contribution in [3.8, 4) is 5.69 Å². The Bertz CT molecular complexity index is 1030. The van der Waals surface area contributed by atoms with Crippen molar-refractivity contribution in [2.75, 3.05) is 4.72 Å². The van der Waals surface area contributed by atoms with E-state index in [2.05, 4.69) is 16.6 Å². The highest BCUT2D eigenvalue weighted by Gasteiger charge is 2.19. The monoisotopic (exact) mass is 445 g/mol. The summed E-state index contributed by atoms with van der Waals surface area (Å²) < 4.78 is 30.1. The van der Waals surface area contributed by atoms with Crippen molar-refractivity contribution in [3.63, 3.8) is 0 Å². The number of sulfonamides is 1. The number of unbranched alkanes of at least 4 members (excludes halogenated alkanes) is 5. The fourth-order valence-electron chi connectivity index (χ4n) is 3.29. The van der Waals surface area contributed by atoms with Crippen LogP contribution in [0.1, 0.15) is 51.1 Å². The van der Waals surface area contributed by atoms with Crippen molar-refractivity contribution in [3.05, 3.63) is 71.5 Å². The van der Waals surface area contributed by atoms with Gasteiger partial charge in [0.25, 0.3) is 10.0 Å². The summed E-state index contributed by atoms with van der Waals surface area (Å²) in [6.45, 7) is 2.21. The molecule has 0 saturated heterocycles. The molecule has 1 heterocycles. The summed E-state index contributed by atoms with van der Waals surface area (Å²) in [5.74, 6) is 0.280. The lowest BCUT2D eigenvalue weighted by Crippen LogP contribution is -2.16. The maximum atomic E-state index is 12.8. The summed E-state index contributed by atoms with van der Waals surface area (Å²) in [5.41, 5.74) is 1.66. The number of halogens is 1. The minimum absolute atomic E-state index is 0.202. The molecule has 0 aliphatic carbocycles. The predicted octanol–water partition coefficient (Wildman–Crippen LogP) is 6.23. The molecular weight excluding hydrogens is 418 g/mol. The highest BCUT2D eigenvalue weighted by Crippen LogP contribution is 2.23. The molecular formula is C23H28ClN3O2S. The average molecular weight is 446 g/mol. The SMILES string of the molecule is CCCCCCCCc1cn(-c2ccc(Cl)cc2)c(NS(=O)(=O)c2ccccc2)n1. The molecule has 1 aromatic heterocycles. The van der Waals surface area contributed by atoms with Crippen LogP contribution in [0.25, 0.3) is 5.69 Å². The second-order valence-electron chi connectivity index (χ2n) is 7.34. The van der Waals surface area contributed by atoms with Crippen molar-refractivity contribution in [2.45, 2.75) is 56.8 Å². The molecule has 0 spiro atoms. The van der Waals surface area contributed by atoms with Crippen molar-refractivity contribution < 1.29 is 8.42 Å². The van der Waals surface area contributed by atoms with E-state index in [4.69, 9.17) is 11.6 Å². The molecule has 0 amide bonds. The van der Waals surface area contributed by atoms with Crippen LogP contribution in [-0.4, -0.2) is 18.0 Å². The fraction of sp³-hybridized carbons (Fsp3) is 0.348. The first-order chi connectivity index (χ1) is 14.5. The number of nitrogens with one attached hydrogen (secondary N) is 1. The number of hydrogen-bond donors (Lipinski definition) is 1. The molecule has 7 heteroatoms. The number of nitrogens with zero attached hydrogens (tertiary/aromatic N) is 2. The summed E-state index contributed by atoms with van der Waals surface area (Å²) in [6.07, 6.45) is 9.89. The van der Waals surface area contributed by atoms with Gasteiger partial charge in [-0.25, -0.2) is 18.1 Å². The number of rotatable bonds is 11. The zero-order valence-corrected chi connectivity index (χ0v) is 18.8. The van der Waals surface area contributed by atoms with Crippen LogP contribution in [0, 0.1) is 0 Å². The second kappa shape index (κ2) is 10.6.